The summed E-state index contributed by atoms with van der Waals surface area (Å²) in [4.78, 5) is 49.0. The number of anilines is 1. The van der Waals surface area contributed by atoms with Crippen LogP contribution in [0.1, 0.15) is 13.3 Å². The van der Waals surface area contributed by atoms with Crippen molar-refractivity contribution in [3.8, 4) is 11.5 Å². The van der Waals surface area contributed by atoms with Gasteiger partial charge in [0.05, 0.1) is 32.9 Å². The Morgan fingerprint density at radius 3 is 2.50 bits per heavy atom. The molecule has 0 aliphatic carbocycles. The summed E-state index contributed by atoms with van der Waals surface area (Å²) in [6, 6.07) is 4.97. The van der Waals surface area contributed by atoms with Crippen molar-refractivity contribution in [2.75, 3.05) is 32.8 Å². The highest BCUT2D eigenvalue weighted by Crippen LogP contribution is 2.36. The fourth-order valence-electron chi connectivity index (χ4n) is 2.68. The third kappa shape index (κ3) is 4.70. The number of ether oxygens (including phenoxy) is 4. The molecule has 2 rings (SSSR count). The Kier molecular flexibility index (Phi) is 6.80. The Morgan fingerprint density at radius 1 is 1.18 bits per heavy atom. The number of amides is 3. The van der Waals surface area contributed by atoms with Crippen LogP contribution in [-0.4, -0.2) is 57.9 Å². The molecular formula is C18H22N2O8. The van der Waals surface area contributed by atoms with Crippen molar-refractivity contribution < 1.29 is 38.1 Å². The molecular weight excluding hydrogens is 372 g/mol. The first-order chi connectivity index (χ1) is 13.3. The Bertz CT molecular complexity index is 779. The molecule has 0 aromatic heterocycles. The van der Waals surface area contributed by atoms with Gasteiger partial charge in [-0.1, -0.05) is 0 Å². The minimum absolute atomic E-state index is 0.0701. The number of nitrogens with zero attached hydrogens (tertiary/aromatic N) is 1. The van der Waals surface area contributed by atoms with Gasteiger partial charge in [-0.25, -0.2) is 4.79 Å². The quantitative estimate of drug-likeness (QED) is 0.706. The van der Waals surface area contributed by atoms with Crippen LogP contribution in [0.4, 0.5) is 10.5 Å². The number of esters is 1. The molecule has 0 saturated carbocycles. The Morgan fingerprint density at radius 2 is 1.89 bits per heavy atom. The van der Waals surface area contributed by atoms with Gasteiger partial charge in [-0.15, -0.1) is 0 Å². The number of methoxy groups -OCH3 is 3. The maximum atomic E-state index is 12.4. The molecule has 1 heterocycles. The van der Waals surface area contributed by atoms with Crippen molar-refractivity contribution in [2.24, 2.45) is 5.92 Å². The first kappa shape index (κ1) is 21.0. The summed E-state index contributed by atoms with van der Waals surface area (Å²) in [5.74, 6) is -1.58. The molecule has 1 fully saturated rings. The second kappa shape index (κ2) is 9.07. The van der Waals surface area contributed by atoms with E-state index in [1.54, 1.807) is 18.2 Å². The fourth-order valence-corrected chi connectivity index (χ4v) is 2.68. The molecule has 0 unspecified atom stereocenters. The molecule has 10 nitrogen and oxygen atoms in total. The van der Waals surface area contributed by atoms with Gasteiger partial charge < -0.3 is 23.8 Å². The zero-order valence-electron chi connectivity index (χ0n) is 16.0. The van der Waals surface area contributed by atoms with Gasteiger partial charge in [0.25, 0.3) is 5.91 Å². The molecule has 152 valence electrons. The molecule has 2 atom stereocenters. The maximum absolute atomic E-state index is 12.4. The van der Waals surface area contributed by atoms with Crippen LogP contribution in [-0.2, 0) is 23.9 Å². The number of imide groups is 1. The van der Waals surface area contributed by atoms with Crippen molar-refractivity contribution in [3.05, 3.63) is 18.2 Å². The molecule has 10 heteroatoms. The number of alkyl carbamates (subject to hydrolysis) is 1. The van der Waals surface area contributed by atoms with Gasteiger partial charge in [-0.05, 0) is 19.1 Å². The molecule has 1 aromatic carbocycles. The number of hydrogen-bond donors (Lipinski definition) is 1. The smallest absolute Gasteiger partial charge is 0.413 e. The highest BCUT2D eigenvalue weighted by atomic mass is 16.6. The van der Waals surface area contributed by atoms with Crippen LogP contribution in [0.15, 0.2) is 18.2 Å². The van der Waals surface area contributed by atoms with Gasteiger partial charge in [0.1, 0.15) is 11.5 Å². The van der Waals surface area contributed by atoms with E-state index in [4.69, 9.17) is 14.2 Å². The van der Waals surface area contributed by atoms with E-state index in [1.165, 1.54) is 26.0 Å². The highest BCUT2D eigenvalue weighted by molar-refractivity contribution is 6.01. The van der Waals surface area contributed by atoms with Crippen LogP contribution in [0.5, 0.6) is 11.5 Å². The van der Waals surface area contributed by atoms with E-state index in [2.05, 4.69) is 4.74 Å². The lowest BCUT2D eigenvalue weighted by molar-refractivity contribution is -0.158. The average Bonchev–Trinajstić information content (AvgIpc) is 3.08. The molecule has 0 spiro atoms. The van der Waals surface area contributed by atoms with E-state index in [9.17, 15) is 19.2 Å². The van der Waals surface area contributed by atoms with Crippen LogP contribution in [0.25, 0.3) is 0 Å². The normalized spacial score (nSPS) is 16.9. The Balaban J connectivity index is 2.05. The zero-order chi connectivity index (χ0) is 20.8. The van der Waals surface area contributed by atoms with Crippen LogP contribution in [0.2, 0.25) is 0 Å². The predicted octanol–water partition coefficient (Wildman–Crippen LogP) is 0.871. The van der Waals surface area contributed by atoms with Gasteiger partial charge in [0.15, 0.2) is 6.10 Å². The van der Waals surface area contributed by atoms with E-state index < -0.39 is 30.0 Å². The molecule has 3 amide bonds. The average molecular weight is 394 g/mol. The monoisotopic (exact) mass is 394 g/mol. The standard InChI is InChI=1S/C18H22N2O8/c1-10(16(22)19-18(24)27-4)28-17(23)11-7-15(21)20(9-11)13-6-5-12(25-2)8-14(13)26-3/h5-6,8,10-11H,7,9H2,1-4H3,(H,19,22,24)/t10-,11-/m0/s1. The molecule has 1 N–H and O–H groups in total. The van der Waals surface area contributed by atoms with Crippen molar-refractivity contribution in [3.63, 3.8) is 0 Å². The summed E-state index contributed by atoms with van der Waals surface area (Å²) in [7, 11) is 4.08. The van der Waals surface area contributed by atoms with Crippen molar-refractivity contribution in [2.45, 2.75) is 19.4 Å². The Labute approximate surface area is 161 Å². The van der Waals surface area contributed by atoms with Gasteiger partial charge in [0.2, 0.25) is 5.91 Å². The molecule has 1 aliphatic heterocycles. The summed E-state index contributed by atoms with van der Waals surface area (Å²) in [5, 5.41) is 1.91. The van der Waals surface area contributed by atoms with Crippen LogP contribution < -0.4 is 19.7 Å². The van der Waals surface area contributed by atoms with Gasteiger partial charge in [-0.3, -0.25) is 19.7 Å². The number of benzene rings is 1. The lowest BCUT2D eigenvalue weighted by Gasteiger charge is -2.20. The summed E-state index contributed by atoms with van der Waals surface area (Å²) < 4.78 is 19.8. The number of hydrogen-bond acceptors (Lipinski definition) is 8. The second-order valence-electron chi connectivity index (χ2n) is 6.00. The number of carbonyl (C=O) groups is 4. The highest BCUT2D eigenvalue weighted by Gasteiger charge is 2.38. The SMILES string of the molecule is COC(=O)NC(=O)[C@H](C)OC(=O)[C@H]1CC(=O)N(c2ccc(OC)cc2OC)C1. The minimum Gasteiger partial charge on any atom is -0.497 e. The minimum atomic E-state index is -1.22. The number of rotatable bonds is 6. The molecule has 1 saturated heterocycles. The summed E-state index contributed by atoms with van der Waals surface area (Å²) in [6.45, 7) is 1.39. The Hall–Kier alpha value is -3.30. The fraction of sp³-hybridized carbons (Fsp3) is 0.444. The zero-order valence-corrected chi connectivity index (χ0v) is 16.0. The van der Waals surface area contributed by atoms with Crippen molar-refractivity contribution in [1.82, 2.24) is 5.32 Å². The first-order valence-electron chi connectivity index (χ1n) is 8.42. The van der Waals surface area contributed by atoms with Gasteiger partial charge >= 0.3 is 12.1 Å². The summed E-state index contributed by atoms with van der Waals surface area (Å²) in [5.41, 5.74) is 0.500. The van der Waals surface area contributed by atoms with E-state index >= 15 is 0 Å². The third-order valence-electron chi connectivity index (χ3n) is 4.21. The lowest BCUT2D eigenvalue weighted by atomic mass is 10.1. The topological polar surface area (TPSA) is 120 Å². The van der Waals surface area contributed by atoms with Crippen molar-refractivity contribution >= 4 is 29.6 Å². The lowest BCUT2D eigenvalue weighted by Crippen LogP contribution is -2.40. The van der Waals surface area contributed by atoms with E-state index in [0.717, 1.165) is 7.11 Å². The molecule has 1 aliphatic rings. The second-order valence-corrected chi connectivity index (χ2v) is 6.00. The summed E-state index contributed by atoms with van der Waals surface area (Å²) >= 11 is 0. The van der Waals surface area contributed by atoms with Gasteiger partial charge in [0, 0.05) is 19.0 Å². The van der Waals surface area contributed by atoms with E-state index in [1.807, 2.05) is 5.32 Å². The van der Waals surface area contributed by atoms with Crippen LogP contribution >= 0.6 is 0 Å². The first-order valence-corrected chi connectivity index (χ1v) is 8.42. The van der Waals surface area contributed by atoms with E-state index in [0.29, 0.717) is 17.2 Å². The van der Waals surface area contributed by atoms with Gasteiger partial charge in [-0.2, -0.15) is 0 Å². The largest absolute Gasteiger partial charge is 0.497 e. The van der Waals surface area contributed by atoms with E-state index in [-0.39, 0.29) is 18.9 Å². The van der Waals surface area contributed by atoms with Crippen molar-refractivity contribution in [1.29, 1.82) is 0 Å². The predicted molar refractivity (Wildman–Crippen MR) is 96.1 cm³/mol. The van der Waals surface area contributed by atoms with Crippen LogP contribution in [0.3, 0.4) is 0 Å². The summed E-state index contributed by atoms with van der Waals surface area (Å²) in [6.07, 6.45) is -2.24. The molecule has 0 radical (unpaired) electrons. The number of nitrogens with one attached hydrogen (secondary N) is 1. The molecule has 1 aromatic rings. The number of carbonyl (C=O) groups excluding carboxylic acids is 4. The maximum Gasteiger partial charge on any atom is 0.413 e. The van der Waals surface area contributed by atoms with Crippen LogP contribution in [0, 0.1) is 5.92 Å². The molecule has 0 bridgehead atoms. The molecule has 28 heavy (non-hydrogen) atoms. The third-order valence-corrected chi connectivity index (χ3v) is 4.21.